The molecule has 1 rings (SSSR count). The number of benzene rings is 1. The van der Waals surface area contributed by atoms with E-state index < -0.39 is 29.4 Å². The number of hydrogen-bond donors (Lipinski definition) is 2. The molecule has 16 heavy (non-hydrogen) atoms. The van der Waals surface area contributed by atoms with Crippen LogP contribution in [0.4, 0.5) is 13.2 Å². The van der Waals surface area contributed by atoms with E-state index in [4.69, 9.17) is 10.2 Å². The highest BCUT2D eigenvalue weighted by molar-refractivity contribution is 9.10. The van der Waals surface area contributed by atoms with Crippen LogP contribution in [0, 0.1) is 5.82 Å². The van der Waals surface area contributed by atoms with E-state index in [1.165, 1.54) is 0 Å². The Morgan fingerprint density at radius 2 is 2.00 bits per heavy atom. The second-order valence-corrected chi connectivity index (χ2v) is 3.86. The van der Waals surface area contributed by atoms with Crippen molar-refractivity contribution in [3.8, 4) is 0 Å². The monoisotopic (exact) mass is 298 g/mol. The van der Waals surface area contributed by atoms with Crippen LogP contribution in [0.3, 0.4) is 0 Å². The summed E-state index contributed by atoms with van der Waals surface area (Å²) in [6, 6.07) is 2.76. The van der Waals surface area contributed by atoms with Crippen molar-refractivity contribution in [3.63, 3.8) is 0 Å². The zero-order valence-electron chi connectivity index (χ0n) is 7.62. The second kappa shape index (κ2) is 4.42. The van der Waals surface area contributed by atoms with Gasteiger partial charge in [-0.25, -0.2) is 9.18 Å². The molecule has 0 radical (unpaired) electrons. The minimum absolute atomic E-state index is 0.0297. The van der Waals surface area contributed by atoms with Crippen LogP contribution < -0.4 is 0 Å². The van der Waals surface area contributed by atoms with Gasteiger partial charge in [-0.3, -0.25) is 0 Å². The van der Waals surface area contributed by atoms with Gasteiger partial charge in [0.2, 0.25) is 0 Å². The zero-order valence-corrected chi connectivity index (χ0v) is 9.21. The first-order valence-corrected chi connectivity index (χ1v) is 4.80. The summed E-state index contributed by atoms with van der Waals surface area (Å²) < 4.78 is 38.8. The third-order valence-electron chi connectivity index (χ3n) is 1.89. The molecule has 1 aromatic rings. The Kier molecular flexibility index (Phi) is 3.59. The number of aliphatic hydroxyl groups excluding tert-OH is 1. The van der Waals surface area contributed by atoms with Gasteiger partial charge in [-0.05, 0) is 33.6 Å². The molecule has 2 N–H and O–H groups in total. The molecule has 0 fully saturated rings. The van der Waals surface area contributed by atoms with Crippen molar-refractivity contribution in [2.45, 2.75) is 12.0 Å². The van der Waals surface area contributed by atoms with Gasteiger partial charge >= 0.3 is 11.9 Å². The van der Waals surface area contributed by atoms with Crippen molar-refractivity contribution >= 4 is 21.9 Å². The molecule has 1 atom stereocenters. The highest BCUT2D eigenvalue weighted by Gasteiger charge is 2.47. The highest BCUT2D eigenvalue weighted by Crippen LogP contribution is 2.32. The van der Waals surface area contributed by atoms with Gasteiger partial charge in [0.15, 0.2) is 6.10 Å². The Labute approximate surface area is 96.6 Å². The molecule has 0 spiro atoms. The minimum Gasteiger partial charge on any atom is -0.477 e. The van der Waals surface area contributed by atoms with Gasteiger partial charge in [-0.15, -0.1) is 0 Å². The molecule has 0 aliphatic rings. The molecule has 0 saturated heterocycles. The molecule has 88 valence electrons. The van der Waals surface area contributed by atoms with Crippen molar-refractivity contribution in [1.29, 1.82) is 0 Å². The van der Waals surface area contributed by atoms with Crippen molar-refractivity contribution in [2.75, 3.05) is 0 Å². The minimum atomic E-state index is -4.36. The number of rotatable bonds is 3. The predicted molar refractivity (Wildman–Crippen MR) is 51.6 cm³/mol. The van der Waals surface area contributed by atoms with Crippen molar-refractivity contribution in [3.05, 3.63) is 34.1 Å². The van der Waals surface area contributed by atoms with Gasteiger partial charge in [0, 0.05) is 0 Å². The lowest BCUT2D eigenvalue weighted by Crippen LogP contribution is -2.35. The first-order chi connectivity index (χ1) is 7.26. The molecular formula is C9H6BrF3O3. The molecule has 7 heteroatoms. The lowest BCUT2D eigenvalue weighted by atomic mass is 10.0. The van der Waals surface area contributed by atoms with E-state index >= 15 is 0 Å². The average Bonchev–Trinajstić information content (AvgIpc) is 2.20. The molecule has 0 aliphatic carbocycles. The normalized spacial score (nSPS) is 13.6. The molecule has 0 aliphatic heterocycles. The van der Waals surface area contributed by atoms with Crippen LogP contribution in [0.1, 0.15) is 11.7 Å². The van der Waals surface area contributed by atoms with Crippen LogP contribution >= 0.6 is 15.9 Å². The predicted octanol–water partition coefficient (Wildman–Crippen LogP) is 2.34. The van der Waals surface area contributed by atoms with Crippen LogP contribution in [0.15, 0.2) is 22.7 Å². The van der Waals surface area contributed by atoms with Gasteiger partial charge in [0.25, 0.3) is 0 Å². The molecule has 0 bridgehead atoms. The number of carboxylic acids is 1. The Balaban J connectivity index is 3.10. The number of hydrogen-bond acceptors (Lipinski definition) is 2. The number of carbonyl (C=O) groups is 1. The van der Waals surface area contributed by atoms with Crippen LogP contribution in [0.2, 0.25) is 0 Å². The summed E-state index contributed by atoms with van der Waals surface area (Å²) >= 11 is 2.80. The van der Waals surface area contributed by atoms with E-state index in [9.17, 15) is 18.0 Å². The second-order valence-electron chi connectivity index (χ2n) is 3.00. The summed E-state index contributed by atoms with van der Waals surface area (Å²) in [7, 11) is 0. The van der Waals surface area contributed by atoms with Gasteiger partial charge in [-0.2, -0.15) is 8.78 Å². The lowest BCUT2D eigenvalue weighted by Gasteiger charge is -2.18. The Morgan fingerprint density at radius 3 is 2.44 bits per heavy atom. The summed E-state index contributed by atoms with van der Waals surface area (Å²) in [5.41, 5.74) is -0.506. The van der Waals surface area contributed by atoms with Crippen LogP contribution in [-0.4, -0.2) is 22.1 Å². The maximum atomic E-state index is 13.0. The topological polar surface area (TPSA) is 57.5 Å². The fraction of sp³-hybridized carbons (Fsp3) is 0.222. The summed E-state index contributed by atoms with van der Waals surface area (Å²) in [5.74, 6) is -7.69. The standard InChI is InChI=1S/C9H6BrF3O3/c10-5-2-1-4(3-6(5)11)7(14)9(12,13)8(15)16/h1-3,7,14H,(H,15,16). The van der Waals surface area contributed by atoms with E-state index in [2.05, 4.69) is 15.9 Å². The number of alkyl halides is 2. The molecule has 0 amide bonds. The van der Waals surface area contributed by atoms with Gasteiger partial charge < -0.3 is 10.2 Å². The smallest absolute Gasteiger partial charge is 0.377 e. The number of aliphatic hydroxyl groups is 1. The Bertz CT molecular complexity index is 422. The van der Waals surface area contributed by atoms with Crippen LogP contribution in [0.5, 0.6) is 0 Å². The summed E-state index contributed by atoms with van der Waals surface area (Å²) in [6.07, 6.45) is -2.59. The van der Waals surface area contributed by atoms with E-state index in [1.807, 2.05) is 0 Å². The average molecular weight is 299 g/mol. The van der Waals surface area contributed by atoms with Crippen LogP contribution in [-0.2, 0) is 4.79 Å². The molecule has 1 aromatic carbocycles. The van der Waals surface area contributed by atoms with E-state index in [0.29, 0.717) is 6.07 Å². The maximum absolute atomic E-state index is 13.0. The lowest BCUT2D eigenvalue weighted by molar-refractivity contribution is -0.182. The summed E-state index contributed by atoms with van der Waals surface area (Å²) in [4.78, 5) is 10.2. The zero-order chi connectivity index (χ0) is 12.5. The molecule has 1 unspecified atom stereocenters. The first kappa shape index (κ1) is 13.0. The SMILES string of the molecule is O=C(O)C(F)(F)C(O)c1ccc(Br)c(F)c1. The highest BCUT2D eigenvalue weighted by atomic mass is 79.9. The third-order valence-corrected chi connectivity index (χ3v) is 2.53. The molecule has 0 saturated carbocycles. The van der Waals surface area contributed by atoms with E-state index in [-0.39, 0.29) is 4.47 Å². The summed E-state index contributed by atoms with van der Waals surface area (Å²) in [6.45, 7) is 0. The third kappa shape index (κ3) is 2.35. The fourth-order valence-electron chi connectivity index (χ4n) is 1.01. The van der Waals surface area contributed by atoms with Gasteiger partial charge in [0.05, 0.1) is 4.47 Å². The van der Waals surface area contributed by atoms with Gasteiger partial charge in [0.1, 0.15) is 5.82 Å². The number of carboxylic acid groups (broad SMARTS) is 1. The van der Waals surface area contributed by atoms with E-state index in [1.54, 1.807) is 0 Å². The number of halogens is 4. The number of aliphatic carboxylic acids is 1. The molecule has 0 heterocycles. The Morgan fingerprint density at radius 1 is 1.44 bits per heavy atom. The van der Waals surface area contributed by atoms with Crippen molar-refractivity contribution in [1.82, 2.24) is 0 Å². The largest absolute Gasteiger partial charge is 0.477 e. The Hall–Kier alpha value is -1.08. The molecular weight excluding hydrogens is 293 g/mol. The van der Waals surface area contributed by atoms with Gasteiger partial charge in [-0.1, -0.05) is 6.07 Å². The summed E-state index contributed by atoms with van der Waals surface area (Å²) in [5, 5.41) is 17.3. The fourth-order valence-corrected chi connectivity index (χ4v) is 1.26. The molecule has 0 aromatic heterocycles. The maximum Gasteiger partial charge on any atom is 0.377 e. The quantitative estimate of drug-likeness (QED) is 0.900. The first-order valence-electron chi connectivity index (χ1n) is 4.01. The van der Waals surface area contributed by atoms with Crippen molar-refractivity contribution in [2.24, 2.45) is 0 Å². The van der Waals surface area contributed by atoms with E-state index in [0.717, 1.165) is 12.1 Å². The van der Waals surface area contributed by atoms with Crippen LogP contribution in [0.25, 0.3) is 0 Å². The van der Waals surface area contributed by atoms with Crippen molar-refractivity contribution < 1.29 is 28.2 Å². The molecule has 3 nitrogen and oxygen atoms in total.